The summed E-state index contributed by atoms with van der Waals surface area (Å²) in [6.07, 6.45) is 0. The van der Waals surface area contributed by atoms with E-state index in [2.05, 4.69) is 55.5 Å². The average Bonchev–Trinajstić information content (AvgIpc) is 2.43. The zero-order valence-corrected chi connectivity index (χ0v) is 10.7. The highest BCUT2D eigenvalue weighted by Gasteiger charge is 2.11. The third-order valence-corrected chi connectivity index (χ3v) is 3.44. The van der Waals surface area contributed by atoms with Gasteiger partial charge in [-0.1, -0.05) is 48.5 Å². The molecule has 0 fully saturated rings. The molecule has 0 unspecified atom stereocenters. The monoisotopic (exact) mass is 236 g/mol. The van der Waals surface area contributed by atoms with Crippen LogP contribution in [0.25, 0.3) is 21.5 Å². The molecule has 18 heavy (non-hydrogen) atoms. The van der Waals surface area contributed by atoms with E-state index in [0.717, 1.165) is 5.75 Å². The molecule has 0 aliphatic carbocycles. The minimum Gasteiger partial charge on any atom is -0.493 e. The largest absolute Gasteiger partial charge is 0.493 e. The van der Waals surface area contributed by atoms with Crippen LogP contribution in [0.4, 0.5) is 0 Å². The zero-order valence-electron chi connectivity index (χ0n) is 10.7. The second-order valence-corrected chi connectivity index (χ2v) is 4.48. The van der Waals surface area contributed by atoms with Crippen LogP contribution in [0.3, 0.4) is 0 Å². The average molecular weight is 236 g/mol. The van der Waals surface area contributed by atoms with Crippen molar-refractivity contribution in [3.63, 3.8) is 0 Å². The molecule has 0 atom stereocenters. The smallest absolute Gasteiger partial charge is 0.134 e. The number of ether oxygens (including phenoxy) is 1. The van der Waals surface area contributed by atoms with E-state index in [4.69, 9.17) is 4.74 Å². The van der Waals surface area contributed by atoms with Crippen LogP contribution in [0.5, 0.6) is 5.75 Å². The molecule has 3 aromatic rings. The Morgan fingerprint density at radius 3 is 1.67 bits per heavy atom. The van der Waals surface area contributed by atoms with Gasteiger partial charge in [0.15, 0.2) is 0 Å². The highest BCUT2D eigenvalue weighted by atomic mass is 16.5. The molecule has 0 N–H and O–H groups in total. The minimum atomic E-state index is 0.692. The summed E-state index contributed by atoms with van der Waals surface area (Å²) in [5.74, 6) is 1.01. The van der Waals surface area contributed by atoms with E-state index >= 15 is 0 Å². The minimum absolute atomic E-state index is 0.692. The van der Waals surface area contributed by atoms with Gasteiger partial charge < -0.3 is 4.74 Å². The summed E-state index contributed by atoms with van der Waals surface area (Å²) in [4.78, 5) is 0. The second-order valence-electron chi connectivity index (χ2n) is 4.48. The third kappa shape index (κ3) is 1.55. The molecule has 0 aliphatic rings. The number of fused-ring (bicyclic) bond motifs is 2. The number of rotatable bonds is 2. The lowest BCUT2D eigenvalue weighted by molar-refractivity contribution is 0.348. The maximum atomic E-state index is 5.89. The number of hydrogen-bond donors (Lipinski definition) is 0. The molecule has 0 amide bonds. The van der Waals surface area contributed by atoms with Gasteiger partial charge in [0.2, 0.25) is 0 Å². The molecule has 0 spiro atoms. The van der Waals surface area contributed by atoms with Crippen LogP contribution in [-0.4, -0.2) is 6.61 Å². The lowest BCUT2D eigenvalue weighted by atomic mass is 9.96. The molecule has 90 valence electrons. The van der Waals surface area contributed by atoms with Crippen molar-refractivity contribution < 1.29 is 4.74 Å². The quantitative estimate of drug-likeness (QED) is 0.586. The van der Waals surface area contributed by atoms with Crippen molar-refractivity contribution in [1.82, 2.24) is 0 Å². The summed E-state index contributed by atoms with van der Waals surface area (Å²) in [6, 6.07) is 16.9. The van der Waals surface area contributed by atoms with Gasteiger partial charge in [-0.2, -0.15) is 0 Å². The first-order valence-electron chi connectivity index (χ1n) is 6.35. The molecule has 0 radical (unpaired) electrons. The highest BCUT2D eigenvalue weighted by molar-refractivity contribution is 6.08. The molecule has 0 heterocycles. The first kappa shape index (κ1) is 11.1. The van der Waals surface area contributed by atoms with E-state index in [1.807, 2.05) is 6.92 Å². The third-order valence-electron chi connectivity index (χ3n) is 3.44. The Kier molecular flexibility index (Phi) is 2.67. The van der Waals surface area contributed by atoms with Crippen molar-refractivity contribution in [3.05, 3.63) is 54.1 Å². The van der Waals surface area contributed by atoms with E-state index in [1.54, 1.807) is 0 Å². The van der Waals surface area contributed by atoms with Gasteiger partial charge in [0.05, 0.1) is 6.61 Å². The van der Waals surface area contributed by atoms with Crippen LogP contribution in [0.1, 0.15) is 12.5 Å². The Morgan fingerprint density at radius 2 is 1.22 bits per heavy atom. The molecular weight excluding hydrogens is 220 g/mol. The molecule has 0 aliphatic heterocycles. The molecule has 0 saturated carbocycles. The second kappa shape index (κ2) is 4.34. The van der Waals surface area contributed by atoms with Gasteiger partial charge in [0, 0.05) is 10.8 Å². The predicted molar refractivity (Wildman–Crippen MR) is 77.4 cm³/mol. The fraction of sp³-hybridized carbons (Fsp3) is 0.176. The van der Waals surface area contributed by atoms with Gasteiger partial charge in [-0.05, 0) is 30.2 Å². The topological polar surface area (TPSA) is 9.23 Å². The van der Waals surface area contributed by atoms with Crippen molar-refractivity contribution >= 4 is 21.5 Å². The molecular formula is C17H16O. The van der Waals surface area contributed by atoms with Crippen molar-refractivity contribution in [2.24, 2.45) is 0 Å². The van der Waals surface area contributed by atoms with Crippen molar-refractivity contribution in [3.8, 4) is 5.75 Å². The van der Waals surface area contributed by atoms with Crippen LogP contribution in [0.2, 0.25) is 0 Å². The Balaban J connectivity index is 2.54. The SMILES string of the molecule is CCOc1c2ccccc2c(C)c2ccccc12. The molecule has 1 heteroatoms. The molecule has 0 saturated heterocycles. The molecule has 0 aromatic heterocycles. The Labute approximate surface area is 107 Å². The summed E-state index contributed by atoms with van der Waals surface area (Å²) in [5, 5.41) is 4.96. The van der Waals surface area contributed by atoms with Gasteiger partial charge >= 0.3 is 0 Å². The Hall–Kier alpha value is -2.02. The Bertz CT molecular complexity index is 656. The van der Waals surface area contributed by atoms with Gasteiger partial charge in [0.25, 0.3) is 0 Å². The lowest BCUT2D eigenvalue weighted by Crippen LogP contribution is -1.95. The number of hydrogen-bond acceptors (Lipinski definition) is 1. The normalized spacial score (nSPS) is 11.0. The predicted octanol–water partition coefficient (Wildman–Crippen LogP) is 4.70. The number of benzene rings is 3. The summed E-state index contributed by atoms with van der Waals surface area (Å²) < 4.78 is 5.89. The van der Waals surface area contributed by atoms with Crippen molar-refractivity contribution in [2.45, 2.75) is 13.8 Å². The van der Waals surface area contributed by atoms with Gasteiger partial charge in [-0.3, -0.25) is 0 Å². The molecule has 1 nitrogen and oxygen atoms in total. The van der Waals surface area contributed by atoms with Crippen molar-refractivity contribution in [2.75, 3.05) is 6.61 Å². The maximum absolute atomic E-state index is 5.89. The standard InChI is InChI=1S/C17H16O/c1-3-18-17-15-10-6-4-8-13(15)12(2)14-9-5-7-11-16(14)17/h4-11H,3H2,1-2H3. The fourth-order valence-corrected chi connectivity index (χ4v) is 2.61. The summed E-state index contributed by atoms with van der Waals surface area (Å²) in [5.41, 5.74) is 1.32. The molecule has 3 aromatic carbocycles. The highest BCUT2D eigenvalue weighted by Crippen LogP contribution is 2.37. The van der Waals surface area contributed by atoms with Crippen LogP contribution < -0.4 is 4.74 Å². The summed E-state index contributed by atoms with van der Waals surface area (Å²) in [7, 11) is 0. The molecule has 0 bridgehead atoms. The van der Waals surface area contributed by atoms with Crippen molar-refractivity contribution in [1.29, 1.82) is 0 Å². The first-order valence-corrected chi connectivity index (χ1v) is 6.35. The van der Waals surface area contributed by atoms with E-state index < -0.39 is 0 Å². The lowest BCUT2D eigenvalue weighted by Gasteiger charge is -2.14. The fourth-order valence-electron chi connectivity index (χ4n) is 2.61. The number of aryl methyl sites for hydroxylation is 1. The summed E-state index contributed by atoms with van der Waals surface area (Å²) >= 11 is 0. The maximum Gasteiger partial charge on any atom is 0.134 e. The van der Waals surface area contributed by atoms with Crippen LogP contribution >= 0.6 is 0 Å². The van der Waals surface area contributed by atoms with E-state index in [1.165, 1.54) is 27.1 Å². The Morgan fingerprint density at radius 1 is 0.778 bits per heavy atom. The van der Waals surface area contributed by atoms with Gasteiger partial charge in [0.1, 0.15) is 5.75 Å². The van der Waals surface area contributed by atoms with Gasteiger partial charge in [-0.15, -0.1) is 0 Å². The van der Waals surface area contributed by atoms with E-state index in [-0.39, 0.29) is 0 Å². The molecule has 3 rings (SSSR count). The first-order chi connectivity index (χ1) is 8.83. The van der Waals surface area contributed by atoms with E-state index in [9.17, 15) is 0 Å². The van der Waals surface area contributed by atoms with Crippen LogP contribution in [0, 0.1) is 6.92 Å². The van der Waals surface area contributed by atoms with Gasteiger partial charge in [-0.25, -0.2) is 0 Å². The summed E-state index contributed by atoms with van der Waals surface area (Å²) in [6.45, 7) is 4.90. The van der Waals surface area contributed by atoms with Crippen LogP contribution in [-0.2, 0) is 0 Å². The van der Waals surface area contributed by atoms with E-state index in [0.29, 0.717) is 6.61 Å². The zero-order chi connectivity index (χ0) is 12.5. The van der Waals surface area contributed by atoms with Crippen LogP contribution in [0.15, 0.2) is 48.5 Å².